The van der Waals surface area contributed by atoms with Crippen molar-refractivity contribution in [3.05, 3.63) is 64.8 Å². The highest BCUT2D eigenvalue weighted by Gasteiger charge is 2.17. The molecule has 0 saturated heterocycles. The number of ketones is 1. The quantitative estimate of drug-likeness (QED) is 0.723. The Morgan fingerprint density at radius 3 is 2.62 bits per heavy atom. The third-order valence-corrected chi connectivity index (χ3v) is 3.31. The molecular weight excluding hydrogens is 268 g/mol. The molecule has 1 heterocycles. The zero-order chi connectivity index (χ0) is 15.0. The van der Waals surface area contributed by atoms with Crippen LogP contribution in [-0.2, 0) is 0 Å². The number of aromatic amines is 1. The van der Waals surface area contributed by atoms with Gasteiger partial charge in [-0.25, -0.2) is 4.79 Å². The maximum atomic E-state index is 12.5. The number of nitrogens with zero attached hydrogens (tertiary/aromatic N) is 1. The molecule has 0 fully saturated rings. The lowest BCUT2D eigenvalue weighted by atomic mass is 10.0. The van der Waals surface area contributed by atoms with Crippen molar-refractivity contribution in [2.24, 2.45) is 0 Å². The van der Waals surface area contributed by atoms with E-state index in [0.29, 0.717) is 16.5 Å². The van der Waals surface area contributed by atoms with Crippen LogP contribution in [0.3, 0.4) is 0 Å². The molecule has 0 amide bonds. The Morgan fingerprint density at radius 2 is 1.90 bits per heavy atom. The zero-order valence-electron chi connectivity index (χ0n) is 11.3. The van der Waals surface area contributed by atoms with Gasteiger partial charge in [-0.05, 0) is 31.2 Å². The van der Waals surface area contributed by atoms with Crippen molar-refractivity contribution in [1.29, 1.82) is 0 Å². The van der Waals surface area contributed by atoms with Crippen molar-refractivity contribution in [3.63, 3.8) is 0 Å². The van der Waals surface area contributed by atoms with Crippen molar-refractivity contribution in [3.8, 4) is 0 Å². The molecule has 5 heteroatoms. The van der Waals surface area contributed by atoms with Gasteiger partial charge in [-0.1, -0.05) is 23.8 Å². The molecule has 0 aliphatic heterocycles. The average Bonchev–Trinajstić information content (AvgIpc) is 2.89. The van der Waals surface area contributed by atoms with E-state index in [1.165, 1.54) is 12.1 Å². The Balaban J connectivity index is 2.14. The van der Waals surface area contributed by atoms with E-state index in [1.54, 1.807) is 24.3 Å². The van der Waals surface area contributed by atoms with Gasteiger partial charge >= 0.3 is 5.97 Å². The Kier molecular flexibility index (Phi) is 3.02. The summed E-state index contributed by atoms with van der Waals surface area (Å²) in [5, 5.41) is 16.4. The number of benzene rings is 2. The molecule has 0 saturated carbocycles. The highest BCUT2D eigenvalue weighted by Crippen LogP contribution is 2.21. The largest absolute Gasteiger partial charge is 0.478 e. The molecule has 0 aliphatic rings. The van der Waals surface area contributed by atoms with E-state index in [4.69, 9.17) is 5.11 Å². The molecule has 0 atom stereocenters. The van der Waals surface area contributed by atoms with Gasteiger partial charge < -0.3 is 5.11 Å². The number of rotatable bonds is 3. The van der Waals surface area contributed by atoms with Crippen LogP contribution < -0.4 is 0 Å². The van der Waals surface area contributed by atoms with Crippen LogP contribution in [0.5, 0.6) is 0 Å². The van der Waals surface area contributed by atoms with E-state index in [2.05, 4.69) is 10.2 Å². The molecule has 104 valence electrons. The van der Waals surface area contributed by atoms with E-state index in [9.17, 15) is 9.59 Å². The lowest BCUT2D eigenvalue weighted by Crippen LogP contribution is -2.03. The number of nitrogens with one attached hydrogen (secondary N) is 1. The number of H-pyrrole nitrogens is 1. The first-order valence-corrected chi connectivity index (χ1v) is 6.39. The van der Waals surface area contributed by atoms with Crippen molar-refractivity contribution < 1.29 is 14.7 Å². The summed E-state index contributed by atoms with van der Waals surface area (Å²) in [7, 11) is 0. The normalized spacial score (nSPS) is 10.7. The van der Waals surface area contributed by atoms with Crippen LogP contribution in [0.2, 0.25) is 0 Å². The molecule has 2 aromatic carbocycles. The topological polar surface area (TPSA) is 83.0 Å². The first-order valence-electron chi connectivity index (χ1n) is 6.39. The summed E-state index contributed by atoms with van der Waals surface area (Å²) >= 11 is 0. The van der Waals surface area contributed by atoms with Gasteiger partial charge in [-0.15, -0.1) is 0 Å². The van der Waals surface area contributed by atoms with Crippen molar-refractivity contribution in [2.45, 2.75) is 6.92 Å². The summed E-state index contributed by atoms with van der Waals surface area (Å²) < 4.78 is 0. The zero-order valence-corrected chi connectivity index (χ0v) is 11.3. The summed E-state index contributed by atoms with van der Waals surface area (Å²) in [6, 6.07) is 11.8. The molecule has 3 aromatic rings. The fourth-order valence-electron chi connectivity index (χ4n) is 2.24. The molecular formula is C16H12N2O3. The Morgan fingerprint density at radius 1 is 1.10 bits per heavy atom. The first kappa shape index (κ1) is 13.1. The molecule has 0 spiro atoms. The molecule has 0 bridgehead atoms. The minimum Gasteiger partial charge on any atom is -0.478 e. The lowest BCUT2D eigenvalue weighted by Gasteiger charge is -2.00. The van der Waals surface area contributed by atoms with E-state index in [1.807, 2.05) is 13.0 Å². The molecule has 2 N–H and O–H groups in total. The van der Waals surface area contributed by atoms with Gasteiger partial charge in [0.05, 0.1) is 11.1 Å². The second-order valence-corrected chi connectivity index (χ2v) is 4.84. The number of carbonyl (C=O) groups excluding carboxylic acids is 1. The fraction of sp³-hybridized carbons (Fsp3) is 0.0625. The predicted octanol–water partition coefficient (Wildman–Crippen LogP) is 2.80. The maximum Gasteiger partial charge on any atom is 0.335 e. The molecule has 0 radical (unpaired) electrons. The van der Waals surface area contributed by atoms with E-state index in [-0.39, 0.29) is 17.0 Å². The van der Waals surface area contributed by atoms with Gasteiger partial charge in [0.15, 0.2) is 0 Å². The average molecular weight is 280 g/mol. The van der Waals surface area contributed by atoms with Crippen LogP contribution in [0.4, 0.5) is 0 Å². The van der Waals surface area contributed by atoms with Gasteiger partial charge in [0.25, 0.3) is 0 Å². The van der Waals surface area contributed by atoms with E-state index < -0.39 is 5.97 Å². The minimum atomic E-state index is -1.04. The summed E-state index contributed by atoms with van der Waals surface area (Å²) in [5.41, 5.74) is 2.51. The number of carboxylic acid groups (broad SMARTS) is 1. The molecule has 5 nitrogen and oxygen atoms in total. The monoisotopic (exact) mass is 280 g/mol. The second-order valence-electron chi connectivity index (χ2n) is 4.84. The van der Waals surface area contributed by atoms with Crippen molar-refractivity contribution >= 4 is 22.7 Å². The van der Waals surface area contributed by atoms with Crippen LogP contribution in [0.25, 0.3) is 10.9 Å². The SMILES string of the molecule is Cc1cccc(C(=O)c2n[nH]c3ccc(C(=O)O)cc23)c1. The van der Waals surface area contributed by atoms with Crippen molar-refractivity contribution in [1.82, 2.24) is 10.2 Å². The molecule has 21 heavy (non-hydrogen) atoms. The fourth-order valence-corrected chi connectivity index (χ4v) is 2.24. The predicted molar refractivity (Wildman–Crippen MR) is 77.7 cm³/mol. The number of carboxylic acids is 1. The molecule has 0 aliphatic carbocycles. The summed E-state index contributed by atoms with van der Waals surface area (Å²) in [4.78, 5) is 23.6. The molecule has 3 rings (SSSR count). The lowest BCUT2D eigenvalue weighted by molar-refractivity contribution is 0.0696. The molecule has 0 unspecified atom stereocenters. The smallest absolute Gasteiger partial charge is 0.335 e. The standard InChI is InChI=1S/C16H12N2O3/c1-9-3-2-4-10(7-9)15(19)14-12-8-11(16(20)21)5-6-13(12)17-18-14/h2-8H,1H3,(H,17,18)(H,20,21). The third-order valence-electron chi connectivity index (χ3n) is 3.31. The van der Waals surface area contributed by atoms with Crippen LogP contribution in [0, 0.1) is 6.92 Å². The summed E-state index contributed by atoms with van der Waals surface area (Å²) in [6.45, 7) is 1.90. The number of aryl methyl sites for hydroxylation is 1. The van der Waals surface area contributed by atoms with Gasteiger partial charge in [-0.2, -0.15) is 5.10 Å². The summed E-state index contributed by atoms with van der Waals surface area (Å²) in [6.07, 6.45) is 0. The van der Waals surface area contributed by atoms with Crippen LogP contribution in [0.15, 0.2) is 42.5 Å². The van der Waals surface area contributed by atoms with Crippen molar-refractivity contribution in [2.75, 3.05) is 0 Å². The number of carbonyl (C=O) groups is 2. The number of aromatic nitrogens is 2. The Hall–Kier alpha value is -2.95. The number of hydrogen-bond donors (Lipinski definition) is 2. The first-order chi connectivity index (χ1) is 10.1. The number of fused-ring (bicyclic) bond motifs is 1. The van der Waals surface area contributed by atoms with E-state index in [0.717, 1.165) is 5.56 Å². The Labute approximate surface area is 120 Å². The number of aromatic carboxylic acids is 1. The van der Waals surface area contributed by atoms with Gasteiger partial charge in [-0.3, -0.25) is 9.89 Å². The van der Waals surface area contributed by atoms with Crippen LogP contribution >= 0.6 is 0 Å². The highest BCUT2D eigenvalue weighted by atomic mass is 16.4. The highest BCUT2D eigenvalue weighted by molar-refractivity contribution is 6.15. The van der Waals surface area contributed by atoms with Crippen LogP contribution in [-0.4, -0.2) is 27.1 Å². The maximum absolute atomic E-state index is 12.5. The number of hydrogen-bond acceptors (Lipinski definition) is 3. The minimum absolute atomic E-state index is 0.127. The summed E-state index contributed by atoms with van der Waals surface area (Å²) in [5.74, 6) is -1.26. The Bertz CT molecular complexity index is 865. The van der Waals surface area contributed by atoms with E-state index >= 15 is 0 Å². The molecule has 1 aromatic heterocycles. The third kappa shape index (κ3) is 2.29. The van der Waals surface area contributed by atoms with Crippen LogP contribution in [0.1, 0.15) is 32.0 Å². The van der Waals surface area contributed by atoms with Gasteiger partial charge in [0.2, 0.25) is 5.78 Å². The second kappa shape index (κ2) is 4.86. The van der Waals surface area contributed by atoms with Gasteiger partial charge in [0, 0.05) is 10.9 Å². The van der Waals surface area contributed by atoms with Gasteiger partial charge in [0.1, 0.15) is 5.69 Å².